The summed E-state index contributed by atoms with van der Waals surface area (Å²) in [6, 6.07) is 8.04. The van der Waals surface area contributed by atoms with Crippen LogP contribution in [0.4, 0.5) is 0 Å². The number of hydrogen-bond acceptors (Lipinski definition) is 1. The van der Waals surface area contributed by atoms with Gasteiger partial charge in [0.05, 0.1) is 6.61 Å². The van der Waals surface area contributed by atoms with Gasteiger partial charge in [0.1, 0.15) is 0 Å². The molecule has 0 aromatic heterocycles. The fraction of sp³-hybridized carbons (Fsp3) is 0.625. The molecule has 2 rings (SSSR count). The van der Waals surface area contributed by atoms with Crippen molar-refractivity contribution in [2.24, 2.45) is 11.3 Å². The summed E-state index contributed by atoms with van der Waals surface area (Å²) in [6.45, 7) is 7.01. The van der Waals surface area contributed by atoms with Gasteiger partial charge < -0.3 is 5.11 Å². The molecular formula is C16H23ClO. The summed E-state index contributed by atoms with van der Waals surface area (Å²) in [6.07, 6.45) is 3.58. The summed E-state index contributed by atoms with van der Waals surface area (Å²) in [5.41, 5.74) is 1.12. The molecule has 1 aromatic carbocycles. The van der Waals surface area contributed by atoms with Gasteiger partial charge in [-0.1, -0.05) is 50.9 Å². The standard InChI is InChI=1S/C16H23ClO/c1-12-6-5-9-15(2,3)16(12,11-18)13-7-4-8-14(17)10-13/h4,7-8,10,12,18H,5-6,9,11H2,1-3H3/t12-,16+/m0/s1. The molecule has 1 saturated carbocycles. The zero-order valence-electron chi connectivity index (χ0n) is 11.5. The van der Waals surface area contributed by atoms with Crippen molar-refractivity contribution in [2.45, 2.75) is 45.4 Å². The second-order valence-corrected chi connectivity index (χ2v) is 6.75. The number of rotatable bonds is 2. The Morgan fingerprint density at radius 1 is 1.39 bits per heavy atom. The van der Waals surface area contributed by atoms with E-state index < -0.39 is 0 Å². The van der Waals surface area contributed by atoms with Crippen molar-refractivity contribution in [3.63, 3.8) is 0 Å². The molecule has 0 unspecified atom stereocenters. The van der Waals surface area contributed by atoms with Crippen molar-refractivity contribution >= 4 is 11.6 Å². The van der Waals surface area contributed by atoms with Crippen LogP contribution < -0.4 is 0 Å². The van der Waals surface area contributed by atoms with Gasteiger partial charge >= 0.3 is 0 Å². The molecule has 1 aliphatic carbocycles. The number of hydrogen-bond donors (Lipinski definition) is 1. The zero-order chi connectivity index (χ0) is 13.4. The van der Waals surface area contributed by atoms with Crippen molar-refractivity contribution in [3.8, 4) is 0 Å². The first-order chi connectivity index (χ1) is 8.44. The van der Waals surface area contributed by atoms with Crippen molar-refractivity contribution in [2.75, 3.05) is 6.61 Å². The first-order valence-corrected chi connectivity index (χ1v) is 7.19. The molecule has 1 nitrogen and oxygen atoms in total. The Morgan fingerprint density at radius 3 is 2.67 bits per heavy atom. The second kappa shape index (κ2) is 4.86. The van der Waals surface area contributed by atoms with Gasteiger partial charge in [0.25, 0.3) is 0 Å². The van der Waals surface area contributed by atoms with Crippen molar-refractivity contribution in [1.82, 2.24) is 0 Å². The lowest BCUT2D eigenvalue weighted by atomic mass is 9.51. The molecule has 0 saturated heterocycles. The van der Waals surface area contributed by atoms with Crippen LogP contribution in [-0.2, 0) is 5.41 Å². The summed E-state index contributed by atoms with van der Waals surface area (Å²) >= 11 is 6.14. The van der Waals surface area contributed by atoms with E-state index in [1.54, 1.807) is 0 Å². The van der Waals surface area contributed by atoms with Gasteiger partial charge in [0.15, 0.2) is 0 Å². The predicted octanol–water partition coefficient (Wildman–Crippen LogP) is 4.42. The van der Waals surface area contributed by atoms with Gasteiger partial charge in [-0.2, -0.15) is 0 Å². The summed E-state index contributed by atoms with van der Waals surface area (Å²) < 4.78 is 0. The Hall–Kier alpha value is -0.530. The van der Waals surface area contributed by atoms with E-state index in [1.807, 2.05) is 18.2 Å². The van der Waals surface area contributed by atoms with Gasteiger partial charge in [0.2, 0.25) is 0 Å². The minimum absolute atomic E-state index is 0.101. The molecule has 0 heterocycles. The van der Waals surface area contributed by atoms with Crippen LogP contribution >= 0.6 is 11.6 Å². The lowest BCUT2D eigenvalue weighted by molar-refractivity contribution is -0.00719. The van der Waals surface area contributed by atoms with E-state index in [0.29, 0.717) is 5.92 Å². The first-order valence-electron chi connectivity index (χ1n) is 6.81. The maximum absolute atomic E-state index is 10.1. The van der Waals surface area contributed by atoms with Crippen LogP contribution in [0.15, 0.2) is 24.3 Å². The SMILES string of the molecule is C[C@H]1CCCC(C)(C)[C@@]1(CO)c1cccc(Cl)c1. The van der Waals surface area contributed by atoms with E-state index in [4.69, 9.17) is 11.6 Å². The molecule has 2 heteroatoms. The fourth-order valence-corrected chi connectivity index (χ4v) is 4.08. The number of aliphatic hydroxyl groups is 1. The van der Waals surface area contributed by atoms with E-state index in [1.165, 1.54) is 18.4 Å². The van der Waals surface area contributed by atoms with Crippen LogP contribution in [0.3, 0.4) is 0 Å². The Kier molecular flexibility index (Phi) is 3.75. The normalized spacial score (nSPS) is 31.3. The van der Waals surface area contributed by atoms with Crippen molar-refractivity contribution in [3.05, 3.63) is 34.9 Å². The molecule has 0 radical (unpaired) electrons. The Morgan fingerprint density at radius 2 is 2.11 bits per heavy atom. The third-order valence-corrected chi connectivity index (χ3v) is 5.31. The summed E-state index contributed by atoms with van der Waals surface area (Å²) in [5, 5.41) is 10.9. The van der Waals surface area contributed by atoms with Crippen LogP contribution in [0.1, 0.15) is 45.6 Å². The molecule has 1 aliphatic rings. The third kappa shape index (κ3) is 1.98. The third-order valence-electron chi connectivity index (χ3n) is 5.08. The van der Waals surface area contributed by atoms with Crippen LogP contribution in [0.2, 0.25) is 5.02 Å². The van der Waals surface area contributed by atoms with Gasteiger partial charge in [0, 0.05) is 10.4 Å². The molecular weight excluding hydrogens is 244 g/mol. The average molecular weight is 267 g/mol. The highest BCUT2D eigenvalue weighted by molar-refractivity contribution is 6.30. The van der Waals surface area contributed by atoms with Crippen molar-refractivity contribution < 1.29 is 5.11 Å². The molecule has 0 aliphatic heterocycles. The minimum atomic E-state index is -0.170. The van der Waals surface area contributed by atoms with E-state index in [0.717, 1.165) is 11.4 Å². The number of benzene rings is 1. The summed E-state index contributed by atoms with van der Waals surface area (Å²) in [7, 11) is 0. The van der Waals surface area contributed by atoms with Crippen LogP contribution in [0.5, 0.6) is 0 Å². The second-order valence-electron chi connectivity index (χ2n) is 6.32. The smallest absolute Gasteiger partial charge is 0.0535 e. The monoisotopic (exact) mass is 266 g/mol. The van der Waals surface area contributed by atoms with Crippen molar-refractivity contribution in [1.29, 1.82) is 0 Å². The lowest BCUT2D eigenvalue weighted by Crippen LogP contribution is -2.52. The highest BCUT2D eigenvalue weighted by Gasteiger charge is 2.51. The number of halogens is 1. The first kappa shape index (κ1) is 13.9. The minimum Gasteiger partial charge on any atom is -0.395 e. The van der Waals surface area contributed by atoms with Gasteiger partial charge in [-0.05, 0) is 41.9 Å². The lowest BCUT2D eigenvalue weighted by Gasteiger charge is -2.54. The predicted molar refractivity (Wildman–Crippen MR) is 77.0 cm³/mol. The Bertz CT molecular complexity index is 427. The Balaban J connectivity index is 2.57. The molecule has 2 atom stereocenters. The highest BCUT2D eigenvalue weighted by atomic mass is 35.5. The molecule has 1 N–H and O–H groups in total. The zero-order valence-corrected chi connectivity index (χ0v) is 12.3. The van der Waals surface area contributed by atoms with Gasteiger partial charge in [-0.3, -0.25) is 0 Å². The highest BCUT2D eigenvalue weighted by Crippen LogP contribution is 2.54. The fourth-order valence-electron chi connectivity index (χ4n) is 3.89. The van der Waals surface area contributed by atoms with Crippen LogP contribution in [0, 0.1) is 11.3 Å². The average Bonchev–Trinajstić information content (AvgIpc) is 2.29. The molecule has 18 heavy (non-hydrogen) atoms. The van der Waals surface area contributed by atoms with Crippen LogP contribution in [-0.4, -0.2) is 11.7 Å². The van der Waals surface area contributed by atoms with E-state index in [2.05, 4.69) is 26.8 Å². The quantitative estimate of drug-likeness (QED) is 0.840. The molecule has 1 aromatic rings. The topological polar surface area (TPSA) is 20.2 Å². The van der Waals surface area contributed by atoms with Gasteiger partial charge in [-0.15, -0.1) is 0 Å². The molecule has 0 spiro atoms. The maximum atomic E-state index is 10.1. The Labute approximate surface area is 115 Å². The van der Waals surface area contributed by atoms with Gasteiger partial charge in [-0.25, -0.2) is 0 Å². The molecule has 0 amide bonds. The van der Waals surface area contributed by atoms with Crippen LogP contribution in [0.25, 0.3) is 0 Å². The maximum Gasteiger partial charge on any atom is 0.0535 e. The summed E-state index contributed by atoms with van der Waals surface area (Å²) in [4.78, 5) is 0. The van der Waals surface area contributed by atoms with E-state index in [-0.39, 0.29) is 17.4 Å². The van der Waals surface area contributed by atoms with E-state index >= 15 is 0 Å². The molecule has 100 valence electrons. The molecule has 0 bridgehead atoms. The molecule has 1 fully saturated rings. The number of aliphatic hydroxyl groups excluding tert-OH is 1. The largest absolute Gasteiger partial charge is 0.395 e. The summed E-state index contributed by atoms with van der Waals surface area (Å²) in [5.74, 6) is 0.477. The van der Waals surface area contributed by atoms with E-state index in [9.17, 15) is 5.11 Å².